The van der Waals surface area contributed by atoms with Gasteiger partial charge in [-0.25, -0.2) is 0 Å². The lowest BCUT2D eigenvalue weighted by Crippen LogP contribution is -2.41. The molecule has 2 aromatic rings. The van der Waals surface area contributed by atoms with Gasteiger partial charge in [0.05, 0.1) is 0 Å². The highest BCUT2D eigenvalue weighted by molar-refractivity contribution is 5.63. The number of nitrogens with one attached hydrogen (secondary N) is 1. The summed E-state index contributed by atoms with van der Waals surface area (Å²) in [6, 6.07) is 18.9. The first kappa shape index (κ1) is 18.5. The van der Waals surface area contributed by atoms with Crippen LogP contribution in [0.15, 0.2) is 54.6 Å². The van der Waals surface area contributed by atoms with E-state index in [1.165, 1.54) is 36.8 Å². The number of rotatable bonds is 8. The first-order chi connectivity index (χ1) is 13.2. The van der Waals surface area contributed by atoms with Gasteiger partial charge in [0.25, 0.3) is 0 Å². The number of aliphatic hydroxyl groups is 1. The lowest BCUT2D eigenvalue weighted by molar-refractivity contribution is 0.0993. The van der Waals surface area contributed by atoms with Gasteiger partial charge in [0.2, 0.25) is 0 Å². The first-order valence-corrected chi connectivity index (χ1v) is 10.4. The van der Waals surface area contributed by atoms with Crippen molar-refractivity contribution in [2.75, 3.05) is 13.2 Å². The Hall–Kier alpha value is -1.84. The fourth-order valence-corrected chi connectivity index (χ4v) is 5.01. The van der Waals surface area contributed by atoms with Crippen LogP contribution in [0.2, 0.25) is 0 Å². The predicted octanol–water partition coefficient (Wildman–Crippen LogP) is 4.51. The van der Waals surface area contributed by atoms with E-state index in [0.717, 1.165) is 23.5 Å². The van der Waals surface area contributed by atoms with Crippen LogP contribution in [0.5, 0.6) is 5.75 Å². The largest absolute Gasteiger partial charge is 0.491 e. The molecule has 0 unspecified atom stereocenters. The van der Waals surface area contributed by atoms with Crippen molar-refractivity contribution in [1.29, 1.82) is 0 Å². The van der Waals surface area contributed by atoms with E-state index in [0.29, 0.717) is 19.2 Å². The normalized spacial score (nSPS) is 26.1. The maximum atomic E-state index is 10.3. The zero-order chi connectivity index (χ0) is 18.6. The molecule has 0 radical (unpaired) electrons. The molecule has 0 spiro atoms. The molecule has 3 nitrogen and oxygen atoms in total. The van der Waals surface area contributed by atoms with Crippen molar-refractivity contribution < 1.29 is 9.84 Å². The summed E-state index contributed by atoms with van der Waals surface area (Å²) >= 11 is 0. The second kappa shape index (κ2) is 8.45. The maximum Gasteiger partial charge on any atom is 0.119 e. The van der Waals surface area contributed by atoms with Gasteiger partial charge < -0.3 is 15.2 Å². The van der Waals surface area contributed by atoms with E-state index in [4.69, 9.17) is 4.74 Å². The number of ether oxygens (including phenoxy) is 1. The highest BCUT2D eigenvalue weighted by Gasteiger charge is 2.41. The Kier molecular flexibility index (Phi) is 5.80. The molecule has 2 bridgehead atoms. The average molecular weight is 366 g/mol. The SMILES string of the molecule is C[C@H](NC[C@H](O)COc1ccc(-c2ccccc2)cc1)[C@@H]1C[C@H]2CC[C@H]1C2. The number of hydrogen-bond donors (Lipinski definition) is 2. The van der Waals surface area contributed by atoms with E-state index in [2.05, 4.69) is 36.5 Å². The zero-order valence-corrected chi connectivity index (χ0v) is 16.2. The molecule has 144 valence electrons. The van der Waals surface area contributed by atoms with E-state index >= 15 is 0 Å². The molecule has 0 aliphatic heterocycles. The topological polar surface area (TPSA) is 41.5 Å². The fourth-order valence-electron chi connectivity index (χ4n) is 5.01. The van der Waals surface area contributed by atoms with Crippen molar-refractivity contribution >= 4 is 0 Å². The minimum Gasteiger partial charge on any atom is -0.491 e. The third kappa shape index (κ3) is 4.53. The molecule has 2 fully saturated rings. The minimum atomic E-state index is -0.486. The highest BCUT2D eigenvalue weighted by atomic mass is 16.5. The molecule has 4 rings (SSSR count). The summed E-state index contributed by atoms with van der Waals surface area (Å²) in [5.41, 5.74) is 2.37. The van der Waals surface area contributed by atoms with Crippen molar-refractivity contribution in [1.82, 2.24) is 5.32 Å². The van der Waals surface area contributed by atoms with Gasteiger partial charge in [0, 0.05) is 12.6 Å². The molecule has 0 aromatic heterocycles. The van der Waals surface area contributed by atoms with Crippen molar-refractivity contribution in [2.24, 2.45) is 17.8 Å². The molecular weight excluding hydrogens is 334 g/mol. The molecule has 5 atom stereocenters. The van der Waals surface area contributed by atoms with Gasteiger partial charge in [-0.3, -0.25) is 0 Å². The average Bonchev–Trinajstić information content (AvgIpc) is 3.35. The first-order valence-electron chi connectivity index (χ1n) is 10.4. The summed E-state index contributed by atoms with van der Waals surface area (Å²) in [5, 5.41) is 13.8. The van der Waals surface area contributed by atoms with Gasteiger partial charge in [-0.05, 0) is 67.2 Å². The Morgan fingerprint density at radius 1 is 1.00 bits per heavy atom. The second-order valence-corrected chi connectivity index (χ2v) is 8.39. The van der Waals surface area contributed by atoms with Gasteiger partial charge >= 0.3 is 0 Å². The Balaban J connectivity index is 1.20. The molecule has 0 heterocycles. The standard InChI is InChI=1S/C24H31NO2/c1-17(24-14-18-7-8-21(24)13-18)25-15-22(26)16-27-23-11-9-20(10-12-23)19-5-3-2-4-6-19/h2-6,9-12,17-18,21-22,24-26H,7-8,13-16H2,1H3/t17-,18-,21-,22-,24-/m0/s1. The van der Waals surface area contributed by atoms with Crippen molar-refractivity contribution in [3.63, 3.8) is 0 Å². The van der Waals surface area contributed by atoms with Gasteiger partial charge in [-0.2, -0.15) is 0 Å². The Labute approximate surface area is 162 Å². The maximum absolute atomic E-state index is 10.3. The lowest BCUT2D eigenvalue weighted by Gasteiger charge is -2.29. The molecule has 2 saturated carbocycles. The van der Waals surface area contributed by atoms with E-state index in [1.54, 1.807) is 0 Å². The quantitative estimate of drug-likeness (QED) is 0.723. The van der Waals surface area contributed by atoms with E-state index in [1.807, 2.05) is 30.3 Å². The van der Waals surface area contributed by atoms with Crippen LogP contribution in [-0.4, -0.2) is 30.4 Å². The molecule has 0 saturated heterocycles. The van der Waals surface area contributed by atoms with Crippen LogP contribution in [-0.2, 0) is 0 Å². The lowest BCUT2D eigenvalue weighted by atomic mass is 9.84. The zero-order valence-electron chi connectivity index (χ0n) is 16.2. The van der Waals surface area contributed by atoms with Gasteiger partial charge in [0.15, 0.2) is 0 Å². The number of fused-ring (bicyclic) bond motifs is 2. The molecule has 27 heavy (non-hydrogen) atoms. The summed E-state index contributed by atoms with van der Waals surface area (Å²) in [4.78, 5) is 0. The summed E-state index contributed by atoms with van der Waals surface area (Å²) < 4.78 is 5.78. The highest BCUT2D eigenvalue weighted by Crippen LogP contribution is 2.49. The van der Waals surface area contributed by atoms with E-state index in [9.17, 15) is 5.11 Å². The molecular formula is C24H31NO2. The smallest absolute Gasteiger partial charge is 0.119 e. The molecule has 0 amide bonds. The van der Waals surface area contributed by atoms with Crippen molar-refractivity contribution in [2.45, 2.75) is 44.8 Å². The monoisotopic (exact) mass is 365 g/mol. The van der Waals surface area contributed by atoms with Crippen LogP contribution in [0, 0.1) is 17.8 Å². The minimum absolute atomic E-state index is 0.321. The van der Waals surface area contributed by atoms with E-state index in [-0.39, 0.29) is 0 Å². The van der Waals surface area contributed by atoms with Crippen molar-refractivity contribution in [3.8, 4) is 16.9 Å². The molecule has 2 N–H and O–H groups in total. The Bertz CT molecular complexity index is 715. The fraction of sp³-hybridized carbons (Fsp3) is 0.500. The number of hydrogen-bond acceptors (Lipinski definition) is 3. The number of aliphatic hydroxyl groups excluding tert-OH is 1. The third-order valence-corrected chi connectivity index (χ3v) is 6.51. The van der Waals surface area contributed by atoms with Gasteiger partial charge in [0.1, 0.15) is 18.5 Å². The third-order valence-electron chi connectivity index (χ3n) is 6.51. The van der Waals surface area contributed by atoms with Crippen LogP contribution >= 0.6 is 0 Å². The molecule has 2 aliphatic carbocycles. The molecule has 3 heteroatoms. The molecule has 2 aromatic carbocycles. The summed E-state index contributed by atoms with van der Waals surface area (Å²) in [6.07, 6.45) is 5.17. The second-order valence-electron chi connectivity index (χ2n) is 8.39. The predicted molar refractivity (Wildman–Crippen MR) is 110 cm³/mol. The van der Waals surface area contributed by atoms with E-state index < -0.39 is 6.10 Å². The van der Waals surface area contributed by atoms with Crippen LogP contribution in [0.1, 0.15) is 32.6 Å². The Morgan fingerprint density at radius 2 is 1.74 bits per heavy atom. The Morgan fingerprint density at radius 3 is 2.41 bits per heavy atom. The summed E-state index contributed by atoms with van der Waals surface area (Å²) in [5.74, 6) is 3.47. The van der Waals surface area contributed by atoms with Crippen LogP contribution in [0.25, 0.3) is 11.1 Å². The van der Waals surface area contributed by atoms with Crippen molar-refractivity contribution in [3.05, 3.63) is 54.6 Å². The summed E-state index contributed by atoms with van der Waals surface area (Å²) in [6.45, 7) is 3.19. The van der Waals surface area contributed by atoms with Crippen LogP contribution in [0.4, 0.5) is 0 Å². The van der Waals surface area contributed by atoms with Crippen LogP contribution < -0.4 is 10.1 Å². The molecule has 2 aliphatic rings. The number of benzene rings is 2. The summed E-state index contributed by atoms with van der Waals surface area (Å²) in [7, 11) is 0. The van der Waals surface area contributed by atoms with Gasteiger partial charge in [-0.15, -0.1) is 0 Å². The van der Waals surface area contributed by atoms with Crippen LogP contribution in [0.3, 0.4) is 0 Å². The van der Waals surface area contributed by atoms with Gasteiger partial charge in [-0.1, -0.05) is 48.9 Å².